The molecule has 2 N–H and O–H groups in total. The quantitative estimate of drug-likeness (QED) is 0.0771. The van der Waals surface area contributed by atoms with Crippen molar-refractivity contribution in [2.45, 2.75) is 105 Å². The first-order valence-corrected chi connectivity index (χ1v) is 21.1. The summed E-state index contributed by atoms with van der Waals surface area (Å²) in [7, 11) is 0. The number of phenolic OH excluding ortho intramolecular Hbond substituents is 1. The van der Waals surface area contributed by atoms with Crippen LogP contribution in [0.3, 0.4) is 0 Å². The van der Waals surface area contributed by atoms with Gasteiger partial charge in [0.15, 0.2) is 17.3 Å². The fourth-order valence-electron chi connectivity index (χ4n) is 5.69. The minimum Gasteiger partial charge on any atom is -0.508 e. The zero-order chi connectivity index (χ0) is 51.5. The topological polar surface area (TPSA) is 199 Å². The molecule has 2 unspecified atom stereocenters. The Kier molecular flexibility index (Phi) is 18.0. The maximum Gasteiger partial charge on any atom is 0.416 e. The van der Waals surface area contributed by atoms with Crippen molar-refractivity contribution < 1.29 is 78.7 Å². The molecule has 0 spiro atoms. The van der Waals surface area contributed by atoms with E-state index in [1.54, 1.807) is 85.7 Å². The lowest BCUT2D eigenvalue weighted by Crippen LogP contribution is -2.39. The van der Waals surface area contributed by atoms with Crippen LogP contribution in [0.15, 0.2) is 93.8 Å². The Morgan fingerprint density at radius 1 is 0.609 bits per heavy atom. The van der Waals surface area contributed by atoms with Gasteiger partial charge in [0.2, 0.25) is 17.7 Å². The minimum atomic E-state index is -4.42. The highest BCUT2D eigenvalue weighted by Gasteiger charge is 2.34. The molecule has 0 saturated heterocycles. The van der Waals surface area contributed by atoms with E-state index < -0.39 is 58.8 Å². The van der Waals surface area contributed by atoms with Crippen LogP contribution in [-0.4, -0.2) is 67.0 Å². The van der Waals surface area contributed by atoms with Gasteiger partial charge < -0.3 is 42.7 Å². The summed E-state index contributed by atoms with van der Waals surface area (Å²) >= 11 is 0. The third kappa shape index (κ3) is 15.4. The Labute approximate surface area is 393 Å². The van der Waals surface area contributed by atoms with Crippen molar-refractivity contribution in [3.63, 3.8) is 0 Å². The molecule has 0 aliphatic carbocycles. The van der Waals surface area contributed by atoms with Crippen molar-refractivity contribution in [3.8, 4) is 45.9 Å². The molecule has 2 heterocycles. The Bertz CT molecular complexity index is 2630. The third-order valence-electron chi connectivity index (χ3n) is 9.39. The van der Waals surface area contributed by atoms with Gasteiger partial charge in [0, 0.05) is 11.1 Å². The number of aryl methyl sites for hydroxylation is 2. The lowest BCUT2D eigenvalue weighted by molar-refractivity contribution is -0.159. The highest BCUT2D eigenvalue weighted by Crippen LogP contribution is 2.34. The first-order valence-electron chi connectivity index (χ1n) is 21.1. The molecule has 0 fully saturated rings. The molecule has 69 heavy (non-hydrogen) atoms. The van der Waals surface area contributed by atoms with Gasteiger partial charge in [-0.3, -0.25) is 0 Å². The van der Waals surface area contributed by atoms with Gasteiger partial charge in [-0.05, 0) is 165 Å². The normalized spacial score (nSPS) is 12.6. The van der Waals surface area contributed by atoms with Crippen molar-refractivity contribution in [3.05, 3.63) is 119 Å². The number of aromatic hydroxyl groups is 1. The summed E-state index contributed by atoms with van der Waals surface area (Å²) in [4.78, 5) is 23.7. The Hall–Kier alpha value is -7.16. The largest absolute Gasteiger partial charge is 0.508 e. The second-order valence-corrected chi connectivity index (χ2v) is 16.0. The lowest BCUT2D eigenvalue weighted by Gasteiger charge is -2.25. The molecule has 0 saturated carbocycles. The summed E-state index contributed by atoms with van der Waals surface area (Å²) in [5.41, 5.74) is -1.49. The van der Waals surface area contributed by atoms with Crippen molar-refractivity contribution in [2.24, 2.45) is 0 Å². The lowest BCUT2D eigenvalue weighted by atomic mass is 10.1. The monoisotopic (exact) mass is 974 g/mol. The molecule has 0 radical (unpaired) electrons. The van der Waals surface area contributed by atoms with E-state index in [0.29, 0.717) is 35.0 Å². The average molecular weight is 975 g/mol. The number of hydrogen-bond acceptors (Lipinski definition) is 15. The molecule has 2 aromatic heterocycles. The van der Waals surface area contributed by atoms with Crippen LogP contribution in [-0.2, 0) is 31.4 Å². The Morgan fingerprint density at radius 3 is 1.39 bits per heavy atom. The fourth-order valence-corrected chi connectivity index (χ4v) is 5.69. The number of nitrogens with zero attached hydrogens (tertiary/aromatic N) is 4. The number of esters is 2. The molecule has 0 aliphatic heterocycles. The predicted molar refractivity (Wildman–Crippen MR) is 236 cm³/mol. The number of carbonyl (C=O) groups excluding carboxylic acids is 2. The number of alkyl halides is 6. The molecular weight excluding hydrogens is 923 g/mol. The van der Waals surface area contributed by atoms with Crippen molar-refractivity contribution >= 4 is 11.9 Å². The molecule has 15 nitrogen and oxygen atoms in total. The Balaban J connectivity index is 0.000000249. The summed E-state index contributed by atoms with van der Waals surface area (Å²) in [5, 5.41) is 33.5. The van der Waals surface area contributed by atoms with Gasteiger partial charge in [-0.2, -0.15) is 26.3 Å². The van der Waals surface area contributed by atoms with E-state index in [2.05, 4.69) is 20.4 Å². The van der Waals surface area contributed by atoms with E-state index in [4.69, 9.17) is 32.5 Å². The average Bonchev–Trinajstić information content (AvgIpc) is 3.98. The van der Waals surface area contributed by atoms with Crippen LogP contribution in [0.5, 0.6) is 23.0 Å². The number of halogens is 6. The second-order valence-electron chi connectivity index (χ2n) is 16.0. The fraction of sp³-hybridized carbons (Fsp3) is 0.375. The van der Waals surface area contributed by atoms with Gasteiger partial charge in [0.05, 0.1) is 24.3 Å². The summed E-state index contributed by atoms with van der Waals surface area (Å²) in [6, 6.07) is 18.6. The number of hydrogen-bond donors (Lipinski definition) is 2. The number of benzene rings is 4. The van der Waals surface area contributed by atoms with Crippen LogP contribution in [0.4, 0.5) is 26.3 Å². The molecule has 6 aromatic rings. The maximum absolute atomic E-state index is 12.7. The molecule has 4 aromatic carbocycles. The van der Waals surface area contributed by atoms with E-state index in [0.717, 1.165) is 35.4 Å². The number of phenols is 1. The number of aromatic nitrogens is 4. The second kappa shape index (κ2) is 22.8. The molecule has 21 heteroatoms. The van der Waals surface area contributed by atoms with Gasteiger partial charge in [-0.15, -0.1) is 20.4 Å². The zero-order valence-corrected chi connectivity index (χ0v) is 39.3. The number of ether oxygens (including phenoxy) is 5. The van der Waals surface area contributed by atoms with Crippen LogP contribution in [0, 0.1) is 13.8 Å². The van der Waals surface area contributed by atoms with E-state index in [1.165, 1.54) is 37.3 Å². The molecule has 2 atom stereocenters. The summed E-state index contributed by atoms with van der Waals surface area (Å²) in [5.74, 6) is 1.18. The molecule has 372 valence electrons. The highest BCUT2D eigenvalue weighted by atomic mass is 19.4. The first-order chi connectivity index (χ1) is 32.1. The Morgan fingerprint density at radius 2 is 1.01 bits per heavy atom. The van der Waals surface area contributed by atoms with Crippen molar-refractivity contribution in [2.75, 3.05) is 13.2 Å². The minimum absolute atomic E-state index is 0.0184. The van der Waals surface area contributed by atoms with E-state index >= 15 is 0 Å². The van der Waals surface area contributed by atoms with Crippen LogP contribution in [0.1, 0.15) is 102 Å². The number of carbonyl (C=O) groups is 2. The van der Waals surface area contributed by atoms with Crippen molar-refractivity contribution in [1.29, 1.82) is 0 Å². The third-order valence-corrected chi connectivity index (χ3v) is 9.39. The number of rotatable bonds is 14. The summed E-state index contributed by atoms with van der Waals surface area (Å²) in [6.07, 6.45) is -10.3. The standard InChI is InChI=1S/C24H25F3N2O5.C13H18O4.C11H9F3N2O2/c1-6-31-22(30)23(4,5)34-19-12-11-18(13-14(19)2)32-15(3)20-28-29-21(33-20)16-7-9-17(10-8-16)24(25,26)27;1-5-16-12(15)13(3,4)17-11-7-6-10(14)8-9(11)2;1-6(17)9-15-16-10(18-9)7-2-4-8(5-3-7)11(12,13)14/h7-13,15H,6H2,1-5H3;6-8,14H,5H2,1-4H3;2-6,17H,1H3. The van der Waals surface area contributed by atoms with E-state index in [1.807, 2.05) is 6.92 Å². The van der Waals surface area contributed by atoms with Crippen molar-refractivity contribution in [1.82, 2.24) is 20.4 Å². The maximum atomic E-state index is 12.7. The van der Waals surface area contributed by atoms with E-state index in [9.17, 15) is 46.1 Å². The number of aliphatic hydroxyl groups excluding tert-OH is 1. The van der Waals surface area contributed by atoms with Gasteiger partial charge in [-0.1, -0.05) is 0 Å². The van der Waals surface area contributed by atoms with Gasteiger partial charge in [0.25, 0.3) is 5.89 Å². The van der Waals surface area contributed by atoms with Crippen LogP contribution < -0.4 is 14.2 Å². The molecule has 0 bridgehead atoms. The summed E-state index contributed by atoms with van der Waals surface area (Å²) < 4.78 is 113. The molecule has 6 rings (SSSR count). The van der Waals surface area contributed by atoms with Gasteiger partial charge >= 0.3 is 24.3 Å². The zero-order valence-electron chi connectivity index (χ0n) is 39.3. The van der Waals surface area contributed by atoms with Crippen LogP contribution in [0.25, 0.3) is 22.9 Å². The van der Waals surface area contributed by atoms with E-state index in [-0.39, 0.29) is 35.9 Å². The van der Waals surface area contributed by atoms with Crippen LogP contribution in [0.2, 0.25) is 0 Å². The summed E-state index contributed by atoms with van der Waals surface area (Å²) in [6.45, 7) is 17.4. The van der Waals surface area contributed by atoms with Crippen LogP contribution >= 0.6 is 0 Å². The molecule has 0 aliphatic rings. The van der Waals surface area contributed by atoms with Gasteiger partial charge in [-0.25, -0.2) is 9.59 Å². The number of aliphatic hydroxyl groups is 1. The smallest absolute Gasteiger partial charge is 0.416 e. The first kappa shape index (κ1) is 54.4. The molecule has 0 amide bonds. The highest BCUT2D eigenvalue weighted by molar-refractivity contribution is 5.79. The SMILES string of the molecule is CC(O)c1nnc(-c2ccc(C(F)(F)F)cc2)o1.CCOC(=O)C(C)(C)Oc1ccc(O)cc1C.CCOC(=O)C(C)(C)Oc1ccc(OC(C)c2nnc(-c3ccc(C(F)(F)F)cc3)o2)cc1C. The van der Waals surface area contributed by atoms with Gasteiger partial charge in [0.1, 0.15) is 29.1 Å². The molecular formula is C48H52F6N4O11. The predicted octanol–water partition coefficient (Wildman–Crippen LogP) is 11.2.